The average Bonchev–Trinajstić information content (AvgIpc) is 3.25. The van der Waals surface area contributed by atoms with Crippen LogP contribution in [0.2, 0.25) is 10.0 Å². The van der Waals surface area contributed by atoms with Crippen molar-refractivity contribution in [1.29, 1.82) is 0 Å². The molecule has 1 aliphatic carbocycles. The summed E-state index contributed by atoms with van der Waals surface area (Å²) in [6, 6.07) is 5.45. The van der Waals surface area contributed by atoms with Gasteiger partial charge in [0, 0.05) is 12.0 Å². The van der Waals surface area contributed by atoms with Gasteiger partial charge in [-0.1, -0.05) is 23.2 Å². The Morgan fingerprint density at radius 2 is 2.00 bits per heavy atom. The number of nitrogens with one attached hydrogen (secondary N) is 1. The quantitative estimate of drug-likeness (QED) is 0.881. The molecule has 0 aliphatic heterocycles. The highest BCUT2D eigenvalue weighted by Crippen LogP contribution is 2.42. The molecular weight excluding hydrogens is 333 g/mol. The minimum Gasteiger partial charge on any atom is -0.350 e. The first-order chi connectivity index (χ1) is 10.9. The Morgan fingerprint density at radius 3 is 2.57 bits per heavy atom. The van der Waals surface area contributed by atoms with E-state index in [1.165, 1.54) is 0 Å². The fraction of sp³-hybridized carbons (Fsp3) is 0.412. The number of carbonyl (C=O) groups excluding carboxylic acids is 1. The van der Waals surface area contributed by atoms with E-state index in [1.807, 2.05) is 26.8 Å². The van der Waals surface area contributed by atoms with E-state index in [0.717, 1.165) is 29.9 Å². The summed E-state index contributed by atoms with van der Waals surface area (Å²) in [5.74, 6) is 0.316. The summed E-state index contributed by atoms with van der Waals surface area (Å²) in [5.41, 5.74) is 3.20. The molecular formula is C17H19Cl2N3O. The number of benzene rings is 1. The highest BCUT2D eigenvalue weighted by molar-refractivity contribution is 6.42. The highest BCUT2D eigenvalue weighted by atomic mass is 35.5. The highest BCUT2D eigenvalue weighted by Gasteiger charge is 2.33. The number of hydrogen-bond donors (Lipinski definition) is 1. The Morgan fingerprint density at radius 1 is 1.30 bits per heavy atom. The molecule has 3 rings (SSSR count). The number of hydrogen-bond acceptors (Lipinski definition) is 2. The molecule has 122 valence electrons. The summed E-state index contributed by atoms with van der Waals surface area (Å²) in [4.78, 5) is 12.6. The fourth-order valence-corrected chi connectivity index (χ4v) is 2.94. The lowest BCUT2D eigenvalue weighted by atomic mass is 10.1. The third kappa shape index (κ3) is 3.24. The summed E-state index contributed by atoms with van der Waals surface area (Å²) < 4.78 is 1.78. The van der Waals surface area contributed by atoms with Crippen LogP contribution in [0.1, 0.15) is 54.4 Å². The second-order valence-corrected chi connectivity index (χ2v) is 7.07. The predicted molar refractivity (Wildman–Crippen MR) is 92.9 cm³/mol. The standard InChI is InChI=1S/C17H19Cl2N3O/c1-9(2)20-17(23)15-10(3)22(21-16(15)11-4-5-11)12-6-7-13(18)14(19)8-12/h6-9,11H,4-5H2,1-3H3,(H,20,23). The van der Waals surface area contributed by atoms with Crippen molar-refractivity contribution in [2.45, 2.75) is 45.6 Å². The van der Waals surface area contributed by atoms with Crippen molar-refractivity contribution in [3.05, 3.63) is 45.2 Å². The molecule has 1 aliphatic rings. The molecule has 1 N–H and O–H groups in total. The second kappa shape index (κ2) is 6.17. The molecule has 0 spiro atoms. The molecule has 1 fully saturated rings. The predicted octanol–water partition coefficient (Wildman–Crippen LogP) is 4.50. The minimum atomic E-state index is -0.0642. The van der Waals surface area contributed by atoms with Crippen molar-refractivity contribution < 1.29 is 4.79 Å². The van der Waals surface area contributed by atoms with Gasteiger partial charge in [0.2, 0.25) is 0 Å². The first-order valence-electron chi connectivity index (χ1n) is 7.74. The molecule has 1 saturated carbocycles. The second-order valence-electron chi connectivity index (χ2n) is 6.26. The van der Waals surface area contributed by atoms with Crippen LogP contribution < -0.4 is 5.32 Å². The van der Waals surface area contributed by atoms with E-state index in [9.17, 15) is 4.79 Å². The van der Waals surface area contributed by atoms with E-state index in [-0.39, 0.29) is 11.9 Å². The maximum absolute atomic E-state index is 12.6. The molecule has 1 heterocycles. The summed E-state index contributed by atoms with van der Waals surface area (Å²) in [5, 5.41) is 8.64. The Labute approximate surface area is 145 Å². The first kappa shape index (κ1) is 16.3. The van der Waals surface area contributed by atoms with E-state index in [1.54, 1.807) is 16.8 Å². The lowest BCUT2D eigenvalue weighted by Gasteiger charge is -2.09. The maximum atomic E-state index is 12.6. The van der Waals surface area contributed by atoms with Gasteiger partial charge in [0.25, 0.3) is 5.91 Å². The average molecular weight is 352 g/mol. The molecule has 0 radical (unpaired) electrons. The molecule has 23 heavy (non-hydrogen) atoms. The SMILES string of the molecule is Cc1c(C(=O)NC(C)C)c(C2CC2)nn1-c1ccc(Cl)c(Cl)c1. The van der Waals surface area contributed by atoms with Crippen LogP contribution in [0.3, 0.4) is 0 Å². The van der Waals surface area contributed by atoms with Gasteiger partial charge in [-0.25, -0.2) is 4.68 Å². The minimum absolute atomic E-state index is 0.0642. The number of halogens is 2. The van der Waals surface area contributed by atoms with Crippen molar-refractivity contribution >= 4 is 29.1 Å². The van der Waals surface area contributed by atoms with Crippen LogP contribution in [0, 0.1) is 6.92 Å². The molecule has 4 nitrogen and oxygen atoms in total. The number of nitrogens with zero attached hydrogens (tertiary/aromatic N) is 2. The van der Waals surface area contributed by atoms with Gasteiger partial charge in [-0.2, -0.15) is 5.10 Å². The van der Waals surface area contributed by atoms with E-state index in [4.69, 9.17) is 28.3 Å². The van der Waals surface area contributed by atoms with Crippen LogP contribution >= 0.6 is 23.2 Å². The summed E-state index contributed by atoms with van der Waals surface area (Å²) in [6.45, 7) is 5.82. The monoisotopic (exact) mass is 351 g/mol. The van der Waals surface area contributed by atoms with Crippen molar-refractivity contribution in [3.8, 4) is 5.69 Å². The molecule has 0 bridgehead atoms. The van der Waals surface area contributed by atoms with E-state index < -0.39 is 0 Å². The van der Waals surface area contributed by atoms with Crippen LogP contribution in [0.5, 0.6) is 0 Å². The van der Waals surface area contributed by atoms with Crippen molar-refractivity contribution in [3.63, 3.8) is 0 Å². The van der Waals surface area contributed by atoms with Gasteiger partial charge in [0.1, 0.15) is 0 Å². The zero-order valence-corrected chi connectivity index (χ0v) is 14.9. The van der Waals surface area contributed by atoms with Gasteiger partial charge < -0.3 is 5.32 Å². The lowest BCUT2D eigenvalue weighted by Crippen LogP contribution is -2.31. The molecule has 6 heteroatoms. The van der Waals surface area contributed by atoms with Crippen LogP contribution in [-0.4, -0.2) is 21.7 Å². The smallest absolute Gasteiger partial charge is 0.255 e. The zero-order chi connectivity index (χ0) is 16.7. The number of amides is 1. The molecule has 1 amide bonds. The van der Waals surface area contributed by atoms with E-state index in [2.05, 4.69) is 5.32 Å². The van der Waals surface area contributed by atoms with Crippen LogP contribution in [-0.2, 0) is 0 Å². The van der Waals surface area contributed by atoms with E-state index >= 15 is 0 Å². The Kier molecular flexibility index (Phi) is 4.39. The molecule has 2 aromatic rings. The van der Waals surface area contributed by atoms with Gasteiger partial charge in [-0.05, 0) is 51.8 Å². The lowest BCUT2D eigenvalue weighted by molar-refractivity contribution is 0.0941. The van der Waals surface area contributed by atoms with Gasteiger partial charge in [0.15, 0.2) is 0 Å². The molecule has 0 saturated heterocycles. The van der Waals surface area contributed by atoms with Gasteiger partial charge in [-0.15, -0.1) is 0 Å². The summed E-state index contributed by atoms with van der Waals surface area (Å²) in [6.07, 6.45) is 2.17. The Bertz CT molecular complexity index is 763. The summed E-state index contributed by atoms with van der Waals surface area (Å²) >= 11 is 12.1. The molecule has 0 atom stereocenters. The van der Waals surface area contributed by atoms with E-state index in [0.29, 0.717) is 21.5 Å². The Balaban J connectivity index is 2.08. The number of rotatable bonds is 4. The van der Waals surface area contributed by atoms with Crippen LogP contribution in [0.15, 0.2) is 18.2 Å². The van der Waals surface area contributed by atoms with Gasteiger partial charge in [-0.3, -0.25) is 4.79 Å². The van der Waals surface area contributed by atoms with Crippen LogP contribution in [0.4, 0.5) is 0 Å². The van der Waals surface area contributed by atoms with Crippen molar-refractivity contribution in [2.75, 3.05) is 0 Å². The zero-order valence-electron chi connectivity index (χ0n) is 13.4. The third-order valence-electron chi connectivity index (χ3n) is 3.90. The first-order valence-corrected chi connectivity index (χ1v) is 8.50. The van der Waals surface area contributed by atoms with Gasteiger partial charge in [0.05, 0.1) is 32.7 Å². The molecule has 1 aromatic carbocycles. The van der Waals surface area contributed by atoms with Gasteiger partial charge >= 0.3 is 0 Å². The Hall–Kier alpha value is -1.52. The largest absolute Gasteiger partial charge is 0.350 e. The van der Waals surface area contributed by atoms with Crippen molar-refractivity contribution in [2.24, 2.45) is 0 Å². The number of aromatic nitrogens is 2. The number of carbonyl (C=O) groups is 1. The normalized spacial score (nSPS) is 14.3. The summed E-state index contributed by atoms with van der Waals surface area (Å²) in [7, 11) is 0. The molecule has 0 unspecified atom stereocenters. The maximum Gasteiger partial charge on any atom is 0.255 e. The molecule has 1 aromatic heterocycles. The fourth-order valence-electron chi connectivity index (χ4n) is 2.65. The van der Waals surface area contributed by atoms with Crippen molar-refractivity contribution in [1.82, 2.24) is 15.1 Å². The van der Waals surface area contributed by atoms with Crippen LogP contribution in [0.25, 0.3) is 5.69 Å². The topological polar surface area (TPSA) is 46.9 Å². The third-order valence-corrected chi connectivity index (χ3v) is 4.64.